The Morgan fingerprint density at radius 2 is 1.73 bits per heavy atom. The van der Waals surface area contributed by atoms with Crippen molar-refractivity contribution in [3.05, 3.63) is 59.5 Å². The number of ether oxygens (including phenoxy) is 1. The van der Waals surface area contributed by atoms with E-state index in [1.807, 2.05) is 13.0 Å². The standard InChI is InChI=1S/C24H30O9/c1-16(22(27)19-11-13-21(33-19)24(30)31-15-7-14-25)8-5-3-2-4-6-9-17(26)18-10-12-20(32-18)23(28)29/h6,9-13,16-17,25-26H,2-5,7-8,14-15H2,1H3,(H,28,29)/b9-6+. The van der Waals surface area contributed by atoms with Crippen LogP contribution in [-0.4, -0.2) is 46.3 Å². The predicted octanol–water partition coefficient (Wildman–Crippen LogP) is 4.17. The average Bonchev–Trinajstić information content (AvgIpc) is 3.48. The molecule has 0 aliphatic rings. The van der Waals surface area contributed by atoms with Crippen molar-refractivity contribution in [3.8, 4) is 0 Å². The van der Waals surface area contributed by atoms with E-state index in [4.69, 9.17) is 23.8 Å². The molecule has 2 rings (SSSR count). The number of ketones is 1. The molecule has 0 spiro atoms. The molecule has 0 aliphatic heterocycles. The van der Waals surface area contributed by atoms with Crippen LogP contribution in [0.1, 0.15) is 89.0 Å². The van der Waals surface area contributed by atoms with E-state index in [1.165, 1.54) is 24.3 Å². The van der Waals surface area contributed by atoms with Crippen LogP contribution >= 0.6 is 0 Å². The lowest BCUT2D eigenvalue weighted by atomic mass is 9.97. The molecule has 180 valence electrons. The van der Waals surface area contributed by atoms with Crippen molar-refractivity contribution in [3.63, 3.8) is 0 Å². The number of rotatable bonds is 15. The van der Waals surface area contributed by atoms with Gasteiger partial charge in [0.05, 0.1) is 6.61 Å². The monoisotopic (exact) mass is 462 g/mol. The number of hydrogen-bond acceptors (Lipinski definition) is 8. The number of aromatic carboxylic acids is 1. The maximum atomic E-state index is 12.5. The maximum Gasteiger partial charge on any atom is 0.374 e. The van der Waals surface area contributed by atoms with Gasteiger partial charge in [-0.25, -0.2) is 9.59 Å². The highest BCUT2D eigenvalue weighted by atomic mass is 16.5. The van der Waals surface area contributed by atoms with E-state index >= 15 is 0 Å². The van der Waals surface area contributed by atoms with Crippen molar-refractivity contribution < 1.29 is 43.3 Å². The van der Waals surface area contributed by atoms with Crippen LogP contribution in [0.2, 0.25) is 0 Å². The normalized spacial score (nSPS) is 13.2. The Morgan fingerprint density at radius 3 is 2.42 bits per heavy atom. The van der Waals surface area contributed by atoms with Gasteiger partial charge in [-0.15, -0.1) is 0 Å². The van der Waals surface area contributed by atoms with E-state index in [2.05, 4.69) is 0 Å². The molecule has 9 nitrogen and oxygen atoms in total. The molecule has 0 aromatic carbocycles. The zero-order valence-electron chi connectivity index (χ0n) is 18.6. The Kier molecular flexibility index (Phi) is 10.6. The largest absolute Gasteiger partial charge is 0.475 e. The molecular weight excluding hydrogens is 432 g/mol. The number of carboxylic acids is 1. The van der Waals surface area contributed by atoms with Gasteiger partial charge < -0.3 is 28.9 Å². The number of carboxylic acid groups (broad SMARTS) is 1. The van der Waals surface area contributed by atoms with Gasteiger partial charge in [-0.05, 0) is 43.5 Å². The molecule has 33 heavy (non-hydrogen) atoms. The zero-order valence-corrected chi connectivity index (χ0v) is 18.6. The van der Waals surface area contributed by atoms with Crippen LogP contribution in [0.4, 0.5) is 0 Å². The summed E-state index contributed by atoms with van der Waals surface area (Å²) in [6.07, 6.45) is 6.70. The summed E-state index contributed by atoms with van der Waals surface area (Å²) in [6, 6.07) is 5.61. The second-order valence-corrected chi connectivity index (χ2v) is 7.66. The first-order valence-corrected chi connectivity index (χ1v) is 10.9. The Morgan fingerprint density at radius 1 is 1.00 bits per heavy atom. The Balaban J connectivity index is 1.66. The Bertz CT molecular complexity index is 937. The number of hydrogen-bond donors (Lipinski definition) is 3. The predicted molar refractivity (Wildman–Crippen MR) is 117 cm³/mol. The molecule has 0 radical (unpaired) electrons. The van der Waals surface area contributed by atoms with Crippen LogP contribution in [0.3, 0.4) is 0 Å². The van der Waals surface area contributed by atoms with E-state index in [9.17, 15) is 19.5 Å². The van der Waals surface area contributed by atoms with E-state index in [1.54, 1.807) is 6.08 Å². The van der Waals surface area contributed by atoms with Gasteiger partial charge in [0.2, 0.25) is 17.3 Å². The van der Waals surface area contributed by atoms with E-state index in [-0.39, 0.29) is 48.0 Å². The SMILES string of the molecule is CC(CCCCC/C=C/C(O)c1ccc(C(=O)O)o1)C(=O)c1ccc(C(=O)OCCCO)o1. The van der Waals surface area contributed by atoms with Gasteiger partial charge in [0.15, 0.2) is 5.76 Å². The fraction of sp³-hybridized carbons (Fsp3) is 0.458. The van der Waals surface area contributed by atoms with Gasteiger partial charge >= 0.3 is 11.9 Å². The summed E-state index contributed by atoms with van der Waals surface area (Å²) in [4.78, 5) is 35.1. The molecule has 0 aliphatic carbocycles. The third-order valence-corrected chi connectivity index (χ3v) is 4.99. The molecule has 2 atom stereocenters. The summed E-state index contributed by atoms with van der Waals surface area (Å²) < 4.78 is 15.3. The average molecular weight is 462 g/mol. The summed E-state index contributed by atoms with van der Waals surface area (Å²) in [5.41, 5.74) is 0. The van der Waals surface area contributed by atoms with Gasteiger partial charge in [0, 0.05) is 18.9 Å². The molecule has 0 saturated heterocycles. The lowest BCUT2D eigenvalue weighted by Gasteiger charge is -2.08. The Hall–Kier alpha value is -3.17. The first-order chi connectivity index (χ1) is 15.8. The molecule has 2 aromatic rings. The number of Topliss-reactive ketones (excluding diaryl/α,β-unsaturated/α-hetero) is 1. The topological polar surface area (TPSA) is 147 Å². The highest BCUT2D eigenvalue weighted by Gasteiger charge is 2.21. The first kappa shape index (κ1) is 26.1. The lowest BCUT2D eigenvalue weighted by molar-refractivity contribution is 0.0443. The number of aliphatic hydroxyl groups excluding tert-OH is 2. The van der Waals surface area contributed by atoms with Crippen molar-refractivity contribution in [2.45, 2.75) is 51.6 Å². The highest BCUT2D eigenvalue weighted by molar-refractivity contribution is 5.96. The molecule has 0 amide bonds. The van der Waals surface area contributed by atoms with Gasteiger partial charge in [-0.1, -0.05) is 31.9 Å². The summed E-state index contributed by atoms with van der Waals surface area (Å²) in [5, 5.41) is 27.5. The molecule has 2 aromatic heterocycles. The van der Waals surface area contributed by atoms with Crippen molar-refractivity contribution in [1.29, 1.82) is 0 Å². The molecule has 3 N–H and O–H groups in total. The van der Waals surface area contributed by atoms with Gasteiger partial charge in [-0.3, -0.25) is 4.79 Å². The number of allylic oxidation sites excluding steroid dienone is 1. The van der Waals surface area contributed by atoms with Crippen LogP contribution in [0.5, 0.6) is 0 Å². The van der Waals surface area contributed by atoms with Crippen LogP contribution in [0.15, 0.2) is 45.3 Å². The molecule has 0 bridgehead atoms. The van der Waals surface area contributed by atoms with Crippen molar-refractivity contribution in [2.75, 3.05) is 13.2 Å². The highest BCUT2D eigenvalue weighted by Crippen LogP contribution is 2.20. The first-order valence-electron chi connectivity index (χ1n) is 10.9. The number of carbonyl (C=O) groups is 3. The van der Waals surface area contributed by atoms with Crippen LogP contribution < -0.4 is 0 Å². The molecule has 2 heterocycles. The fourth-order valence-corrected chi connectivity index (χ4v) is 3.09. The van der Waals surface area contributed by atoms with Gasteiger partial charge in [0.1, 0.15) is 11.9 Å². The zero-order chi connectivity index (χ0) is 24.2. The molecule has 0 fully saturated rings. The van der Waals surface area contributed by atoms with Crippen molar-refractivity contribution in [1.82, 2.24) is 0 Å². The third kappa shape index (κ3) is 8.36. The molecule has 9 heteroatoms. The van der Waals surface area contributed by atoms with Gasteiger partial charge in [-0.2, -0.15) is 0 Å². The number of esters is 1. The second kappa shape index (κ2) is 13.4. The smallest absolute Gasteiger partial charge is 0.374 e. The number of furan rings is 2. The van der Waals surface area contributed by atoms with Crippen molar-refractivity contribution in [2.24, 2.45) is 5.92 Å². The molecular formula is C24H30O9. The van der Waals surface area contributed by atoms with Crippen LogP contribution in [0, 0.1) is 5.92 Å². The third-order valence-electron chi connectivity index (χ3n) is 4.99. The quantitative estimate of drug-likeness (QED) is 0.153. The fourth-order valence-electron chi connectivity index (χ4n) is 3.09. The van der Waals surface area contributed by atoms with E-state index < -0.39 is 18.0 Å². The number of carbonyl (C=O) groups excluding carboxylic acids is 2. The van der Waals surface area contributed by atoms with Crippen LogP contribution in [0.25, 0.3) is 0 Å². The Labute approximate surface area is 191 Å². The number of aliphatic hydroxyl groups is 2. The maximum absolute atomic E-state index is 12.5. The van der Waals surface area contributed by atoms with Crippen molar-refractivity contribution >= 4 is 17.7 Å². The molecule has 2 unspecified atom stereocenters. The summed E-state index contributed by atoms with van der Waals surface area (Å²) in [6.45, 7) is 1.82. The minimum Gasteiger partial charge on any atom is -0.475 e. The minimum absolute atomic E-state index is 0.0359. The van der Waals surface area contributed by atoms with Crippen LogP contribution in [-0.2, 0) is 4.74 Å². The number of unbranched alkanes of at least 4 members (excludes halogenated alkanes) is 3. The summed E-state index contributed by atoms with van der Waals surface area (Å²) in [5.74, 6) is -2.23. The minimum atomic E-state index is -1.19. The summed E-state index contributed by atoms with van der Waals surface area (Å²) in [7, 11) is 0. The lowest BCUT2D eigenvalue weighted by Crippen LogP contribution is -2.11. The van der Waals surface area contributed by atoms with E-state index in [0.29, 0.717) is 12.8 Å². The van der Waals surface area contributed by atoms with E-state index in [0.717, 1.165) is 25.7 Å². The second-order valence-electron chi connectivity index (χ2n) is 7.66. The summed E-state index contributed by atoms with van der Waals surface area (Å²) >= 11 is 0. The molecule has 0 saturated carbocycles. The van der Waals surface area contributed by atoms with Gasteiger partial charge in [0.25, 0.3) is 0 Å².